The zero-order chi connectivity index (χ0) is 43.1. The largest absolute Gasteiger partial charge is 0.508 e. The summed E-state index contributed by atoms with van der Waals surface area (Å²) in [5, 5.41) is 35.0. The lowest BCUT2D eigenvalue weighted by Gasteiger charge is -2.26. The number of phenolic OH excluding ortho intramolecular Hbond substituents is 1. The molecule has 15 heteroatoms. The van der Waals surface area contributed by atoms with Crippen LogP contribution in [0.2, 0.25) is 0 Å². The third-order valence-electron chi connectivity index (χ3n) is 10.3. The van der Waals surface area contributed by atoms with Gasteiger partial charge in [-0.15, -0.1) is 0 Å². The predicted molar refractivity (Wildman–Crippen MR) is 233 cm³/mol. The summed E-state index contributed by atoms with van der Waals surface area (Å²) in [6.07, 6.45) is 10.6. The van der Waals surface area contributed by atoms with Crippen molar-refractivity contribution in [2.45, 2.75) is 108 Å². The number of fused-ring (bicyclic) bond motifs is 1. The van der Waals surface area contributed by atoms with Gasteiger partial charge in [-0.3, -0.25) is 29.4 Å². The van der Waals surface area contributed by atoms with Crippen LogP contribution in [0.3, 0.4) is 0 Å². The van der Waals surface area contributed by atoms with Crippen molar-refractivity contribution in [3.8, 4) is 5.75 Å². The Bertz CT molecular complexity index is 1970. The summed E-state index contributed by atoms with van der Waals surface area (Å²) in [7, 11) is 0. The van der Waals surface area contributed by atoms with Crippen LogP contribution in [0.15, 0.2) is 85.1 Å². The van der Waals surface area contributed by atoms with Gasteiger partial charge < -0.3 is 47.7 Å². The van der Waals surface area contributed by atoms with Gasteiger partial charge in [0.25, 0.3) is 0 Å². The molecule has 4 atom stereocenters. The second-order valence-corrected chi connectivity index (χ2v) is 15.0. The van der Waals surface area contributed by atoms with Gasteiger partial charge in [0.15, 0.2) is 5.96 Å². The first-order valence-corrected chi connectivity index (χ1v) is 20.9. The number of unbranched alkanes of at least 4 members (excludes halogenated alkanes) is 6. The van der Waals surface area contributed by atoms with E-state index in [4.69, 9.17) is 11.1 Å². The quantitative estimate of drug-likeness (QED) is 0.0184. The highest BCUT2D eigenvalue weighted by molar-refractivity contribution is 5.95. The van der Waals surface area contributed by atoms with Gasteiger partial charge in [-0.2, -0.15) is 0 Å². The lowest BCUT2D eigenvalue weighted by Crippen LogP contribution is -2.59. The minimum Gasteiger partial charge on any atom is -0.508 e. The molecule has 3 aromatic carbocycles. The Morgan fingerprint density at radius 1 is 0.667 bits per heavy atom. The molecular formula is C45H61N9O6. The number of carbonyl (C=O) groups is 5. The smallest absolute Gasteiger partial charge is 0.243 e. The third-order valence-corrected chi connectivity index (χ3v) is 10.3. The van der Waals surface area contributed by atoms with Crippen LogP contribution < -0.4 is 37.6 Å². The fourth-order valence-electron chi connectivity index (χ4n) is 7.00. The standard InChI is InChI=1S/C45H61N9O6/c1-2-3-4-5-6-7-13-24-48-41(57)40(28-33-29-50-36-18-12-11-17-35(33)36)54-42(58)37(19-14-25-49-45(46)47)52-44(60)39(27-31-15-9-8-10-16-31)53-43(59)38(51-30-55)26-32-20-22-34(56)23-21-32/h8-12,15-18,20-23,29-30,37-40,50,56H,2-7,13-14,19,24-28H2,1H3,(H,48,57)(H,51,55)(H,52,60)(H,53,59)(H,54,58)(H4,46,47,49)/t37-,38-,39+,40-/m0/s1. The number of hydrogen-bond acceptors (Lipinski definition) is 7. The summed E-state index contributed by atoms with van der Waals surface area (Å²) in [6.45, 7) is 2.88. The van der Waals surface area contributed by atoms with Gasteiger partial charge in [0.2, 0.25) is 30.0 Å². The number of carbonyl (C=O) groups excluding carboxylic acids is 5. The Balaban J connectivity index is 1.55. The van der Waals surface area contributed by atoms with Gasteiger partial charge >= 0.3 is 0 Å². The molecule has 0 saturated heterocycles. The normalized spacial score (nSPS) is 12.9. The number of rotatable bonds is 27. The lowest BCUT2D eigenvalue weighted by molar-refractivity contribution is -0.134. The SMILES string of the molecule is CCCCCCCCCNC(=O)[C@H](Cc1c[nH]c2ccccc12)NC(=O)[C@H](CCCNC(=N)N)NC(=O)[C@@H](Cc1ccccc1)NC(=O)[C@H](Cc1ccc(O)cc1)NC=O. The van der Waals surface area contributed by atoms with E-state index in [0.717, 1.165) is 47.7 Å². The van der Waals surface area contributed by atoms with E-state index in [2.05, 4.69) is 43.8 Å². The fraction of sp³-hybridized carbons (Fsp3) is 0.422. The maximum Gasteiger partial charge on any atom is 0.243 e. The van der Waals surface area contributed by atoms with Crippen LogP contribution in [0.4, 0.5) is 0 Å². The molecule has 5 amide bonds. The average molecular weight is 824 g/mol. The van der Waals surface area contributed by atoms with E-state index >= 15 is 0 Å². The number of aromatic nitrogens is 1. The molecule has 0 bridgehead atoms. The molecule has 4 rings (SSSR count). The molecule has 0 aliphatic heterocycles. The molecule has 11 N–H and O–H groups in total. The van der Waals surface area contributed by atoms with Crippen molar-refractivity contribution in [3.63, 3.8) is 0 Å². The molecule has 1 aromatic heterocycles. The van der Waals surface area contributed by atoms with E-state index in [1.54, 1.807) is 24.3 Å². The van der Waals surface area contributed by atoms with Crippen molar-refractivity contribution < 1.29 is 29.1 Å². The van der Waals surface area contributed by atoms with Gasteiger partial charge in [-0.25, -0.2) is 0 Å². The molecule has 0 spiro atoms. The molecule has 0 aliphatic rings. The number of benzene rings is 3. The first kappa shape index (κ1) is 46.3. The zero-order valence-electron chi connectivity index (χ0n) is 34.4. The predicted octanol–water partition coefficient (Wildman–Crippen LogP) is 3.60. The minimum absolute atomic E-state index is 0.0479. The number of aromatic amines is 1. The van der Waals surface area contributed by atoms with Crippen LogP contribution in [-0.2, 0) is 43.2 Å². The molecule has 0 aliphatic carbocycles. The Morgan fingerprint density at radius 2 is 1.23 bits per heavy atom. The number of guanidine groups is 1. The highest BCUT2D eigenvalue weighted by Gasteiger charge is 2.31. The number of aromatic hydroxyl groups is 1. The van der Waals surface area contributed by atoms with E-state index in [-0.39, 0.29) is 49.8 Å². The number of nitrogens with two attached hydrogens (primary N) is 1. The van der Waals surface area contributed by atoms with E-state index < -0.39 is 41.9 Å². The monoisotopic (exact) mass is 823 g/mol. The van der Waals surface area contributed by atoms with Crippen molar-refractivity contribution >= 4 is 46.9 Å². The summed E-state index contributed by atoms with van der Waals surface area (Å²) >= 11 is 0. The van der Waals surface area contributed by atoms with Gasteiger partial charge in [-0.1, -0.05) is 106 Å². The van der Waals surface area contributed by atoms with Crippen molar-refractivity contribution in [1.29, 1.82) is 5.41 Å². The highest BCUT2D eigenvalue weighted by atomic mass is 16.3. The number of phenols is 1. The number of nitrogens with one attached hydrogen (secondary N) is 8. The van der Waals surface area contributed by atoms with Crippen LogP contribution in [-0.4, -0.2) is 83.3 Å². The average Bonchev–Trinajstić information content (AvgIpc) is 3.65. The first-order chi connectivity index (χ1) is 29.1. The zero-order valence-corrected chi connectivity index (χ0v) is 34.4. The lowest BCUT2D eigenvalue weighted by atomic mass is 10.0. The van der Waals surface area contributed by atoms with Crippen molar-refractivity contribution in [1.82, 2.24) is 36.9 Å². The number of amides is 5. The summed E-state index contributed by atoms with van der Waals surface area (Å²) in [5.74, 6) is -2.42. The first-order valence-electron chi connectivity index (χ1n) is 20.9. The second kappa shape index (κ2) is 25.2. The van der Waals surface area contributed by atoms with Crippen LogP contribution in [0.25, 0.3) is 10.9 Å². The summed E-state index contributed by atoms with van der Waals surface area (Å²) < 4.78 is 0. The summed E-state index contributed by atoms with van der Waals surface area (Å²) in [6, 6.07) is 18.6. The maximum atomic E-state index is 14.3. The van der Waals surface area contributed by atoms with Crippen LogP contribution in [0.5, 0.6) is 5.75 Å². The third kappa shape index (κ3) is 15.8. The van der Waals surface area contributed by atoms with Crippen LogP contribution in [0.1, 0.15) is 81.4 Å². The molecule has 322 valence electrons. The van der Waals surface area contributed by atoms with Gasteiger partial charge in [0, 0.05) is 49.5 Å². The molecule has 60 heavy (non-hydrogen) atoms. The minimum atomic E-state index is -1.17. The van der Waals surface area contributed by atoms with Crippen molar-refractivity contribution in [2.24, 2.45) is 5.73 Å². The van der Waals surface area contributed by atoms with E-state index in [9.17, 15) is 29.1 Å². The van der Waals surface area contributed by atoms with Crippen molar-refractivity contribution in [3.05, 3.63) is 102 Å². The molecule has 0 radical (unpaired) electrons. The van der Waals surface area contributed by atoms with E-state index in [0.29, 0.717) is 24.9 Å². The highest BCUT2D eigenvalue weighted by Crippen LogP contribution is 2.20. The van der Waals surface area contributed by atoms with Gasteiger partial charge in [-0.05, 0) is 54.2 Å². The van der Waals surface area contributed by atoms with Crippen molar-refractivity contribution in [2.75, 3.05) is 13.1 Å². The second-order valence-electron chi connectivity index (χ2n) is 15.0. The van der Waals surface area contributed by atoms with Gasteiger partial charge in [0.05, 0.1) is 0 Å². The molecule has 0 fully saturated rings. The Hall–Kier alpha value is -6.38. The maximum absolute atomic E-state index is 14.3. The molecule has 0 saturated carbocycles. The molecule has 0 unspecified atom stereocenters. The summed E-state index contributed by atoms with van der Waals surface area (Å²) in [4.78, 5) is 70.9. The fourth-order valence-corrected chi connectivity index (χ4v) is 7.00. The number of para-hydroxylation sites is 1. The van der Waals surface area contributed by atoms with E-state index in [1.807, 2.05) is 48.7 Å². The molecular weight excluding hydrogens is 763 g/mol. The Morgan fingerprint density at radius 3 is 1.93 bits per heavy atom. The van der Waals surface area contributed by atoms with E-state index in [1.165, 1.54) is 31.4 Å². The van der Waals surface area contributed by atoms with Crippen LogP contribution in [0, 0.1) is 5.41 Å². The van der Waals surface area contributed by atoms with Gasteiger partial charge in [0.1, 0.15) is 29.9 Å². The topological polar surface area (TPSA) is 243 Å². The molecule has 4 aromatic rings. The molecule has 1 heterocycles. The summed E-state index contributed by atoms with van der Waals surface area (Å²) in [5.41, 5.74) is 8.63. The number of hydrogen-bond donors (Lipinski definition) is 10. The Labute approximate surface area is 351 Å². The number of H-pyrrole nitrogens is 1. The Kier molecular flexibility index (Phi) is 19.4. The molecule has 15 nitrogen and oxygen atoms in total. The van der Waals surface area contributed by atoms with Crippen LogP contribution >= 0.6 is 0 Å².